The van der Waals surface area contributed by atoms with Crippen molar-refractivity contribution in [2.75, 3.05) is 12.4 Å². The van der Waals surface area contributed by atoms with Gasteiger partial charge < -0.3 is 4.74 Å². The smallest absolute Gasteiger partial charge is 0.119 e. The van der Waals surface area contributed by atoms with Crippen molar-refractivity contribution in [2.24, 2.45) is 5.92 Å². The molecule has 0 N–H and O–H groups in total. The van der Waals surface area contributed by atoms with Crippen LogP contribution in [0.2, 0.25) is 0 Å². The van der Waals surface area contributed by atoms with E-state index in [2.05, 4.69) is 32.9 Å². The summed E-state index contributed by atoms with van der Waals surface area (Å²) in [6, 6.07) is 8.31. The lowest BCUT2D eigenvalue weighted by Gasteiger charge is -2.08. The molecule has 1 aromatic rings. The van der Waals surface area contributed by atoms with Crippen molar-refractivity contribution < 1.29 is 4.74 Å². The number of ether oxygens (including phenoxy) is 1. The van der Waals surface area contributed by atoms with Crippen molar-refractivity contribution in [2.45, 2.75) is 25.7 Å². The number of hydrogen-bond acceptors (Lipinski definition) is 2. The van der Waals surface area contributed by atoms with E-state index in [1.165, 1.54) is 4.90 Å². The van der Waals surface area contributed by atoms with Crippen LogP contribution in [-0.2, 0) is 0 Å². The Labute approximate surface area is 90.9 Å². The minimum Gasteiger partial charge on any atom is -0.493 e. The third-order valence-corrected chi connectivity index (χ3v) is 2.61. The maximum absolute atomic E-state index is 5.59. The molecule has 0 amide bonds. The van der Waals surface area contributed by atoms with Crippen molar-refractivity contribution >= 4 is 11.8 Å². The summed E-state index contributed by atoms with van der Waals surface area (Å²) in [4.78, 5) is 1.31. The van der Waals surface area contributed by atoms with E-state index in [9.17, 15) is 0 Å². The van der Waals surface area contributed by atoms with Gasteiger partial charge in [0.2, 0.25) is 0 Å². The van der Waals surface area contributed by atoms with Crippen LogP contribution in [0.4, 0.5) is 0 Å². The van der Waals surface area contributed by atoms with Crippen LogP contribution in [0.15, 0.2) is 29.2 Å². The lowest BCUT2D eigenvalue weighted by molar-refractivity contribution is 0.271. The quantitative estimate of drug-likeness (QED) is 0.683. The van der Waals surface area contributed by atoms with Crippen molar-refractivity contribution in [3.63, 3.8) is 0 Å². The van der Waals surface area contributed by atoms with E-state index < -0.39 is 0 Å². The van der Waals surface area contributed by atoms with Crippen LogP contribution in [0.3, 0.4) is 0 Å². The van der Waals surface area contributed by atoms with Gasteiger partial charge in [-0.1, -0.05) is 20.8 Å². The van der Waals surface area contributed by atoms with Gasteiger partial charge in [0.15, 0.2) is 0 Å². The van der Waals surface area contributed by atoms with Crippen LogP contribution in [0, 0.1) is 5.92 Å². The molecule has 78 valence electrons. The van der Waals surface area contributed by atoms with E-state index in [-0.39, 0.29) is 0 Å². The van der Waals surface area contributed by atoms with Crippen LogP contribution >= 0.6 is 11.8 Å². The van der Waals surface area contributed by atoms with E-state index in [0.717, 1.165) is 18.1 Å². The summed E-state index contributed by atoms with van der Waals surface area (Å²) in [6.07, 6.45) is 0. The highest BCUT2D eigenvalue weighted by atomic mass is 32.2. The molecular weight excluding hydrogens is 192 g/mol. The van der Waals surface area contributed by atoms with Crippen molar-refractivity contribution in [1.82, 2.24) is 0 Å². The Morgan fingerprint density at radius 2 is 1.86 bits per heavy atom. The second-order valence-corrected chi connectivity index (χ2v) is 4.95. The third-order valence-electron chi connectivity index (χ3n) is 1.72. The molecule has 1 nitrogen and oxygen atoms in total. The maximum Gasteiger partial charge on any atom is 0.119 e. The molecular formula is C12H18OS. The SMILES string of the molecule is CCSc1ccc(OCC(C)C)cc1. The summed E-state index contributed by atoms with van der Waals surface area (Å²) in [5.74, 6) is 2.67. The molecule has 0 fully saturated rings. The van der Waals surface area contributed by atoms with E-state index in [4.69, 9.17) is 4.74 Å². The largest absolute Gasteiger partial charge is 0.493 e. The number of thioether (sulfide) groups is 1. The summed E-state index contributed by atoms with van der Waals surface area (Å²) < 4.78 is 5.59. The Morgan fingerprint density at radius 3 is 2.36 bits per heavy atom. The van der Waals surface area contributed by atoms with Gasteiger partial charge in [-0.3, -0.25) is 0 Å². The van der Waals surface area contributed by atoms with Crippen LogP contribution in [0.1, 0.15) is 20.8 Å². The van der Waals surface area contributed by atoms with Gasteiger partial charge in [0.1, 0.15) is 5.75 Å². The van der Waals surface area contributed by atoms with Crippen LogP contribution < -0.4 is 4.74 Å². The molecule has 2 heteroatoms. The molecule has 0 aliphatic rings. The average Bonchev–Trinajstić information content (AvgIpc) is 2.17. The van der Waals surface area contributed by atoms with Crippen LogP contribution in [0.5, 0.6) is 5.75 Å². The molecule has 0 aromatic heterocycles. The van der Waals surface area contributed by atoms with Gasteiger partial charge in [-0.05, 0) is 35.9 Å². The highest BCUT2D eigenvalue weighted by Gasteiger charge is 1.97. The standard InChI is InChI=1S/C12H18OS/c1-4-14-12-7-5-11(6-8-12)13-9-10(2)3/h5-8,10H,4,9H2,1-3H3. The molecule has 1 rings (SSSR count). The zero-order valence-electron chi connectivity index (χ0n) is 9.12. The van der Waals surface area contributed by atoms with Gasteiger partial charge in [-0.25, -0.2) is 0 Å². The zero-order chi connectivity index (χ0) is 10.4. The first-order valence-corrected chi connectivity index (χ1v) is 6.06. The predicted octanol–water partition coefficient (Wildman–Crippen LogP) is 3.83. The van der Waals surface area contributed by atoms with Crippen LogP contribution in [-0.4, -0.2) is 12.4 Å². The topological polar surface area (TPSA) is 9.23 Å². The summed E-state index contributed by atoms with van der Waals surface area (Å²) >= 11 is 1.85. The van der Waals surface area contributed by atoms with E-state index in [1.54, 1.807) is 0 Å². The minimum atomic E-state index is 0.583. The van der Waals surface area contributed by atoms with E-state index >= 15 is 0 Å². The average molecular weight is 210 g/mol. The molecule has 0 saturated carbocycles. The monoisotopic (exact) mass is 210 g/mol. The molecule has 0 unspecified atom stereocenters. The van der Waals surface area contributed by atoms with Gasteiger partial charge in [-0.2, -0.15) is 0 Å². The minimum absolute atomic E-state index is 0.583. The zero-order valence-corrected chi connectivity index (χ0v) is 9.93. The van der Waals surface area contributed by atoms with Gasteiger partial charge >= 0.3 is 0 Å². The molecule has 14 heavy (non-hydrogen) atoms. The normalized spacial score (nSPS) is 10.6. The fraction of sp³-hybridized carbons (Fsp3) is 0.500. The van der Waals surface area contributed by atoms with E-state index in [1.807, 2.05) is 23.9 Å². The second-order valence-electron chi connectivity index (χ2n) is 3.61. The Bertz CT molecular complexity index is 254. The highest BCUT2D eigenvalue weighted by Crippen LogP contribution is 2.21. The van der Waals surface area contributed by atoms with Crippen LogP contribution in [0.25, 0.3) is 0 Å². The summed E-state index contributed by atoms with van der Waals surface area (Å²) in [7, 11) is 0. The first-order valence-electron chi connectivity index (χ1n) is 5.08. The number of benzene rings is 1. The summed E-state index contributed by atoms with van der Waals surface area (Å²) in [5.41, 5.74) is 0. The van der Waals surface area contributed by atoms with Gasteiger partial charge in [0, 0.05) is 4.90 Å². The first-order chi connectivity index (χ1) is 6.72. The van der Waals surface area contributed by atoms with Crippen molar-refractivity contribution in [1.29, 1.82) is 0 Å². The Balaban J connectivity index is 2.46. The molecule has 0 atom stereocenters. The molecule has 0 aliphatic heterocycles. The predicted molar refractivity (Wildman–Crippen MR) is 63.2 cm³/mol. The lowest BCUT2D eigenvalue weighted by atomic mass is 10.2. The first kappa shape index (κ1) is 11.4. The Kier molecular flexibility index (Phi) is 4.88. The maximum atomic E-state index is 5.59. The molecule has 0 saturated heterocycles. The molecule has 1 aromatic carbocycles. The molecule has 0 radical (unpaired) electrons. The van der Waals surface area contributed by atoms with Gasteiger partial charge in [-0.15, -0.1) is 11.8 Å². The second kappa shape index (κ2) is 5.97. The Hall–Kier alpha value is -0.630. The van der Waals surface area contributed by atoms with E-state index in [0.29, 0.717) is 5.92 Å². The van der Waals surface area contributed by atoms with Crippen molar-refractivity contribution in [3.05, 3.63) is 24.3 Å². The highest BCUT2D eigenvalue weighted by molar-refractivity contribution is 7.99. The van der Waals surface area contributed by atoms with Gasteiger partial charge in [0.05, 0.1) is 6.61 Å². The summed E-state index contributed by atoms with van der Waals surface area (Å²) in [5, 5.41) is 0. The number of hydrogen-bond donors (Lipinski definition) is 0. The molecule has 0 aliphatic carbocycles. The lowest BCUT2D eigenvalue weighted by Crippen LogP contribution is -2.04. The van der Waals surface area contributed by atoms with Gasteiger partial charge in [0.25, 0.3) is 0 Å². The molecule has 0 heterocycles. The fourth-order valence-electron chi connectivity index (χ4n) is 1.06. The Morgan fingerprint density at radius 1 is 1.21 bits per heavy atom. The third kappa shape index (κ3) is 4.05. The molecule has 0 spiro atoms. The fourth-order valence-corrected chi connectivity index (χ4v) is 1.72. The summed E-state index contributed by atoms with van der Waals surface area (Å²) in [6.45, 7) is 7.26. The molecule has 0 bridgehead atoms. The number of rotatable bonds is 5. The van der Waals surface area contributed by atoms with Crippen molar-refractivity contribution in [3.8, 4) is 5.75 Å².